The van der Waals surface area contributed by atoms with E-state index in [4.69, 9.17) is 21.1 Å². The van der Waals surface area contributed by atoms with Crippen molar-refractivity contribution in [1.82, 2.24) is 0 Å². The molecule has 0 aromatic carbocycles. The first-order valence-corrected chi connectivity index (χ1v) is 3.80. The zero-order chi connectivity index (χ0) is 8.27. The first-order valence-electron chi connectivity index (χ1n) is 3.42. The van der Waals surface area contributed by atoms with Gasteiger partial charge in [0.15, 0.2) is 0 Å². The van der Waals surface area contributed by atoms with Gasteiger partial charge in [0.1, 0.15) is 5.76 Å². The van der Waals surface area contributed by atoms with Crippen molar-refractivity contribution in [2.24, 2.45) is 0 Å². The molecule has 0 radical (unpaired) electrons. The van der Waals surface area contributed by atoms with Gasteiger partial charge in [-0.2, -0.15) is 0 Å². The summed E-state index contributed by atoms with van der Waals surface area (Å²) in [6.45, 7) is 0. The zero-order valence-corrected chi connectivity index (χ0v) is 7.39. The van der Waals surface area contributed by atoms with E-state index in [2.05, 4.69) is 0 Å². The van der Waals surface area contributed by atoms with E-state index in [0.717, 1.165) is 6.42 Å². The highest BCUT2D eigenvalue weighted by Gasteiger charge is 2.13. The van der Waals surface area contributed by atoms with Gasteiger partial charge in [-0.3, -0.25) is 0 Å². The van der Waals surface area contributed by atoms with Gasteiger partial charge in [0.2, 0.25) is 0 Å². The largest absolute Gasteiger partial charge is 0.495 e. The number of hydrogen-bond acceptors (Lipinski definition) is 2. The molecule has 0 aromatic heterocycles. The Bertz CT molecular complexity index is 196. The molecule has 11 heavy (non-hydrogen) atoms. The van der Waals surface area contributed by atoms with Crippen molar-refractivity contribution in [2.45, 2.75) is 12.5 Å². The van der Waals surface area contributed by atoms with Crippen molar-refractivity contribution in [3.8, 4) is 0 Å². The quantitative estimate of drug-likeness (QED) is 0.638. The summed E-state index contributed by atoms with van der Waals surface area (Å²) in [7, 11) is 3.27. The summed E-state index contributed by atoms with van der Waals surface area (Å²) in [6, 6.07) is 0. The van der Waals surface area contributed by atoms with Gasteiger partial charge in [0.05, 0.1) is 18.2 Å². The second-order valence-corrected chi connectivity index (χ2v) is 2.70. The maximum Gasteiger partial charge on any atom is 0.135 e. The molecule has 1 atom stereocenters. The lowest BCUT2D eigenvalue weighted by atomic mass is 10.1. The van der Waals surface area contributed by atoms with E-state index in [1.807, 2.05) is 12.2 Å². The number of rotatable bonds is 2. The summed E-state index contributed by atoms with van der Waals surface area (Å²) in [5.74, 6) is 0.699. The highest BCUT2D eigenvalue weighted by atomic mass is 35.5. The SMILES string of the molecule is COC1=CC(OC)CC=C1Cl. The molecule has 1 rings (SSSR count). The fourth-order valence-electron chi connectivity index (χ4n) is 0.967. The van der Waals surface area contributed by atoms with Gasteiger partial charge in [0, 0.05) is 7.11 Å². The molecular formula is C8H11ClO2. The van der Waals surface area contributed by atoms with Crippen LogP contribution in [0.1, 0.15) is 6.42 Å². The molecule has 1 aliphatic carbocycles. The third-order valence-corrected chi connectivity index (χ3v) is 1.97. The number of hydrogen-bond donors (Lipinski definition) is 0. The van der Waals surface area contributed by atoms with Gasteiger partial charge < -0.3 is 9.47 Å². The Kier molecular flexibility index (Phi) is 2.97. The van der Waals surface area contributed by atoms with Crippen LogP contribution in [0, 0.1) is 0 Å². The van der Waals surface area contributed by atoms with Crippen LogP contribution in [-0.2, 0) is 9.47 Å². The smallest absolute Gasteiger partial charge is 0.135 e. The van der Waals surface area contributed by atoms with Crippen molar-refractivity contribution in [3.05, 3.63) is 22.9 Å². The van der Waals surface area contributed by atoms with E-state index >= 15 is 0 Å². The Morgan fingerprint density at radius 2 is 2.27 bits per heavy atom. The van der Waals surface area contributed by atoms with E-state index in [1.165, 1.54) is 0 Å². The third-order valence-electron chi connectivity index (χ3n) is 1.62. The van der Waals surface area contributed by atoms with Crippen LogP contribution in [0.3, 0.4) is 0 Å². The summed E-state index contributed by atoms with van der Waals surface area (Å²) in [5.41, 5.74) is 0. The molecule has 0 amide bonds. The molecule has 0 saturated heterocycles. The fourth-order valence-corrected chi connectivity index (χ4v) is 1.20. The average Bonchev–Trinajstić information content (AvgIpc) is 2.05. The average molecular weight is 175 g/mol. The van der Waals surface area contributed by atoms with Gasteiger partial charge in [-0.25, -0.2) is 0 Å². The molecule has 1 aliphatic rings. The van der Waals surface area contributed by atoms with Crippen molar-refractivity contribution < 1.29 is 9.47 Å². The number of ether oxygens (including phenoxy) is 2. The van der Waals surface area contributed by atoms with Crippen LogP contribution in [0.15, 0.2) is 22.9 Å². The maximum atomic E-state index is 5.82. The molecule has 62 valence electrons. The zero-order valence-electron chi connectivity index (χ0n) is 6.63. The molecule has 2 nitrogen and oxygen atoms in total. The fraction of sp³-hybridized carbons (Fsp3) is 0.500. The van der Waals surface area contributed by atoms with Gasteiger partial charge in [-0.05, 0) is 12.5 Å². The molecule has 0 N–H and O–H groups in total. The highest BCUT2D eigenvalue weighted by molar-refractivity contribution is 6.31. The molecule has 0 aromatic rings. The van der Waals surface area contributed by atoms with Crippen LogP contribution in [0.4, 0.5) is 0 Å². The molecule has 0 fully saturated rings. The number of methoxy groups -OCH3 is 2. The standard InChI is InChI=1S/C8H11ClO2/c1-10-6-3-4-7(9)8(5-6)11-2/h4-6H,3H2,1-2H3. The van der Waals surface area contributed by atoms with Gasteiger partial charge in [0.25, 0.3) is 0 Å². The lowest BCUT2D eigenvalue weighted by Gasteiger charge is -2.16. The number of halogens is 1. The molecule has 0 spiro atoms. The molecular weight excluding hydrogens is 164 g/mol. The Labute approximate surface area is 71.4 Å². The minimum absolute atomic E-state index is 0.104. The third kappa shape index (κ3) is 1.98. The van der Waals surface area contributed by atoms with Crippen LogP contribution >= 0.6 is 11.6 Å². The molecule has 3 heteroatoms. The second kappa shape index (κ2) is 3.79. The van der Waals surface area contributed by atoms with Crippen LogP contribution < -0.4 is 0 Å². The topological polar surface area (TPSA) is 18.5 Å². The summed E-state index contributed by atoms with van der Waals surface area (Å²) in [4.78, 5) is 0. The Hall–Kier alpha value is -0.470. The van der Waals surface area contributed by atoms with Crippen LogP contribution in [0.25, 0.3) is 0 Å². The van der Waals surface area contributed by atoms with Gasteiger partial charge in [-0.15, -0.1) is 0 Å². The summed E-state index contributed by atoms with van der Waals surface area (Å²) >= 11 is 5.82. The second-order valence-electron chi connectivity index (χ2n) is 2.30. The predicted octanol–water partition coefficient (Wildman–Crippen LogP) is 2.06. The molecule has 0 aliphatic heterocycles. The summed E-state index contributed by atoms with van der Waals surface area (Å²) < 4.78 is 10.1. The Morgan fingerprint density at radius 1 is 1.55 bits per heavy atom. The lowest BCUT2D eigenvalue weighted by Crippen LogP contribution is -2.11. The Balaban J connectivity index is 2.69. The van der Waals surface area contributed by atoms with E-state index in [9.17, 15) is 0 Å². The monoisotopic (exact) mass is 174 g/mol. The first-order chi connectivity index (χ1) is 5.27. The molecule has 0 saturated carbocycles. The van der Waals surface area contributed by atoms with E-state index < -0.39 is 0 Å². The molecule has 0 bridgehead atoms. The molecule has 1 unspecified atom stereocenters. The van der Waals surface area contributed by atoms with Crippen molar-refractivity contribution in [1.29, 1.82) is 0 Å². The minimum Gasteiger partial charge on any atom is -0.495 e. The van der Waals surface area contributed by atoms with Crippen LogP contribution in [0.5, 0.6) is 0 Å². The maximum absolute atomic E-state index is 5.82. The summed E-state index contributed by atoms with van der Waals surface area (Å²) in [5, 5.41) is 0.667. The molecule has 0 heterocycles. The van der Waals surface area contributed by atoms with Crippen molar-refractivity contribution >= 4 is 11.6 Å². The number of allylic oxidation sites excluding steroid dienone is 1. The van der Waals surface area contributed by atoms with Gasteiger partial charge >= 0.3 is 0 Å². The van der Waals surface area contributed by atoms with Crippen LogP contribution in [0.2, 0.25) is 0 Å². The van der Waals surface area contributed by atoms with Crippen molar-refractivity contribution in [2.75, 3.05) is 14.2 Å². The van der Waals surface area contributed by atoms with Crippen molar-refractivity contribution in [3.63, 3.8) is 0 Å². The highest BCUT2D eigenvalue weighted by Crippen LogP contribution is 2.23. The minimum atomic E-state index is 0.104. The predicted molar refractivity (Wildman–Crippen MR) is 44.4 cm³/mol. The van der Waals surface area contributed by atoms with E-state index in [-0.39, 0.29) is 6.10 Å². The van der Waals surface area contributed by atoms with E-state index in [0.29, 0.717) is 10.8 Å². The first kappa shape index (κ1) is 8.62. The lowest BCUT2D eigenvalue weighted by molar-refractivity contribution is 0.136. The Morgan fingerprint density at radius 3 is 2.82 bits per heavy atom. The summed E-state index contributed by atoms with van der Waals surface area (Å²) in [6.07, 6.45) is 4.70. The van der Waals surface area contributed by atoms with Gasteiger partial charge in [-0.1, -0.05) is 17.7 Å². The normalized spacial score (nSPS) is 24.1. The van der Waals surface area contributed by atoms with E-state index in [1.54, 1.807) is 14.2 Å². The van der Waals surface area contributed by atoms with Crippen LogP contribution in [-0.4, -0.2) is 20.3 Å².